The second-order valence-corrected chi connectivity index (χ2v) is 5.49. The van der Waals surface area contributed by atoms with Crippen LogP contribution in [-0.4, -0.2) is 28.4 Å². The number of carbonyl (C=O) groups excluding carboxylic acids is 1. The highest BCUT2D eigenvalue weighted by atomic mass is 32.1. The molecule has 1 amide bonds. The lowest BCUT2D eigenvalue weighted by atomic mass is 10.2. The minimum atomic E-state index is -0.182. The Hall–Kier alpha value is -2.67. The maximum atomic E-state index is 11.8. The predicted molar refractivity (Wildman–Crippen MR) is 89.1 cm³/mol. The van der Waals surface area contributed by atoms with E-state index in [0.29, 0.717) is 18.8 Å². The zero-order valence-electron chi connectivity index (χ0n) is 11.7. The first-order chi connectivity index (χ1) is 10.7. The molecule has 0 spiro atoms. The number of nitrogens with two attached hydrogens (primary N) is 1. The van der Waals surface area contributed by atoms with Crippen LogP contribution in [0.4, 0.5) is 11.5 Å². The van der Waals surface area contributed by atoms with Gasteiger partial charge in [0.05, 0.1) is 4.70 Å². The topological polar surface area (TPSA) is 92.9 Å². The van der Waals surface area contributed by atoms with Gasteiger partial charge >= 0.3 is 0 Å². The van der Waals surface area contributed by atoms with Gasteiger partial charge in [0, 0.05) is 30.4 Å². The molecule has 4 N–H and O–H groups in total. The van der Waals surface area contributed by atoms with Crippen molar-refractivity contribution in [3.63, 3.8) is 0 Å². The maximum absolute atomic E-state index is 11.8. The van der Waals surface area contributed by atoms with Crippen molar-refractivity contribution in [2.45, 2.75) is 0 Å². The van der Waals surface area contributed by atoms with Crippen LogP contribution in [0.5, 0.6) is 0 Å². The van der Waals surface area contributed by atoms with Crippen molar-refractivity contribution in [3.05, 3.63) is 48.3 Å². The fourth-order valence-electron chi connectivity index (χ4n) is 2.03. The zero-order valence-corrected chi connectivity index (χ0v) is 12.6. The van der Waals surface area contributed by atoms with E-state index in [1.54, 1.807) is 24.4 Å². The van der Waals surface area contributed by atoms with E-state index in [9.17, 15) is 4.79 Å². The molecule has 0 aliphatic heterocycles. The van der Waals surface area contributed by atoms with E-state index in [0.717, 1.165) is 21.6 Å². The number of nitrogens with zero attached hydrogens (tertiary/aromatic N) is 2. The molecule has 1 aromatic carbocycles. The molecule has 3 rings (SSSR count). The van der Waals surface area contributed by atoms with Gasteiger partial charge in [-0.25, -0.2) is 0 Å². The van der Waals surface area contributed by atoms with Gasteiger partial charge in [0.25, 0.3) is 5.91 Å². The van der Waals surface area contributed by atoms with Crippen LogP contribution in [-0.2, 0) is 0 Å². The molecule has 0 atom stereocenters. The van der Waals surface area contributed by atoms with Crippen molar-refractivity contribution >= 4 is 39.0 Å². The van der Waals surface area contributed by atoms with Crippen molar-refractivity contribution in [3.8, 4) is 0 Å². The molecular formula is C15H15N5OS. The van der Waals surface area contributed by atoms with E-state index in [4.69, 9.17) is 5.73 Å². The third-order valence-corrected chi connectivity index (χ3v) is 3.90. The number of hydrogen-bond donors (Lipinski definition) is 3. The monoisotopic (exact) mass is 313 g/mol. The average Bonchev–Trinajstić information content (AvgIpc) is 2.94. The molecule has 0 saturated heterocycles. The Balaban J connectivity index is 1.53. The maximum Gasteiger partial charge on any atom is 0.269 e. The lowest BCUT2D eigenvalue weighted by molar-refractivity contribution is 0.0950. The lowest BCUT2D eigenvalue weighted by Gasteiger charge is -2.06. The second kappa shape index (κ2) is 6.40. The fraction of sp³-hybridized carbons (Fsp3) is 0.133. The van der Waals surface area contributed by atoms with Gasteiger partial charge in [0.2, 0.25) is 0 Å². The van der Waals surface area contributed by atoms with Gasteiger partial charge in [-0.15, -0.1) is 0 Å². The van der Waals surface area contributed by atoms with Gasteiger partial charge in [-0.05, 0) is 41.9 Å². The summed E-state index contributed by atoms with van der Waals surface area (Å²) in [6, 6.07) is 10.9. The number of amides is 1. The summed E-state index contributed by atoms with van der Waals surface area (Å²) >= 11 is 1.40. The molecule has 0 radical (unpaired) electrons. The summed E-state index contributed by atoms with van der Waals surface area (Å²) in [5.74, 6) is 0.630. The normalized spacial score (nSPS) is 10.5. The fourth-order valence-corrected chi connectivity index (χ4v) is 2.83. The van der Waals surface area contributed by atoms with Crippen molar-refractivity contribution in [2.24, 2.45) is 0 Å². The summed E-state index contributed by atoms with van der Waals surface area (Å²) in [5, 5.41) is 7.06. The number of hydrogen-bond acceptors (Lipinski definition) is 6. The van der Waals surface area contributed by atoms with Crippen molar-refractivity contribution in [2.75, 3.05) is 24.1 Å². The van der Waals surface area contributed by atoms with E-state index in [1.807, 2.05) is 18.2 Å². The molecule has 2 heterocycles. The molecule has 112 valence electrons. The van der Waals surface area contributed by atoms with Crippen LogP contribution in [0.25, 0.3) is 10.1 Å². The number of benzene rings is 1. The van der Waals surface area contributed by atoms with Gasteiger partial charge in [-0.3, -0.25) is 9.78 Å². The number of nitrogen functional groups attached to an aromatic ring is 1. The van der Waals surface area contributed by atoms with Gasteiger partial charge in [0.15, 0.2) is 0 Å². The highest BCUT2D eigenvalue weighted by molar-refractivity contribution is 7.13. The van der Waals surface area contributed by atoms with Crippen molar-refractivity contribution < 1.29 is 4.79 Å². The van der Waals surface area contributed by atoms with Gasteiger partial charge in [-0.1, -0.05) is 6.07 Å². The van der Waals surface area contributed by atoms with Crippen LogP contribution < -0.4 is 16.4 Å². The number of anilines is 2. The summed E-state index contributed by atoms with van der Waals surface area (Å²) in [7, 11) is 0. The Labute approximate surface area is 131 Å². The average molecular weight is 313 g/mol. The Kier molecular flexibility index (Phi) is 4.15. The highest BCUT2D eigenvalue weighted by Crippen LogP contribution is 2.28. The van der Waals surface area contributed by atoms with Gasteiger partial charge in [-0.2, -0.15) is 4.37 Å². The standard InChI is InChI=1S/C15H15N5OS/c16-10-4-5-11-13(9-10)22-20-14(11)18-7-8-19-15(21)12-3-1-2-6-17-12/h1-6,9H,7-8,16H2,(H,18,20)(H,19,21). The zero-order chi connectivity index (χ0) is 15.4. The molecule has 2 aromatic heterocycles. The molecule has 7 heteroatoms. The van der Waals surface area contributed by atoms with Crippen LogP contribution in [0.3, 0.4) is 0 Å². The number of pyridine rings is 1. The minimum absolute atomic E-state index is 0.182. The number of rotatable bonds is 5. The summed E-state index contributed by atoms with van der Waals surface area (Å²) in [5.41, 5.74) is 6.89. The quantitative estimate of drug-likeness (QED) is 0.495. The molecule has 3 aromatic rings. The Morgan fingerprint density at radius 3 is 2.95 bits per heavy atom. The van der Waals surface area contributed by atoms with E-state index in [1.165, 1.54) is 11.5 Å². The summed E-state index contributed by atoms with van der Waals surface area (Å²) < 4.78 is 5.40. The molecule has 0 bridgehead atoms. The van der Waals surface area contributed by atoms with E-state index in [2.05, 4.69) is 20.0 Å². The molecule has 0 aliphatic rings. The first kappa shape index (κ1) is 14.3. The first-order valence-electron chi connectivity index (χ1n) is 6.82. The SMILES string of the molecule is Nc1ccc2c(NCCNC(=O)c3ccccn3)nsc2c1. The molecule has 0 unspecified atom stereocenters. The molecule has 0 aliphatic carbocycles. The lowest BCUT2D eigenvalue weighted by Crippen LogP contribution is -2.29. The van der Waals surface area contributed by atoms with Crippen LogP contribution in [0.2, 0.25) is 0 Å². The summed E-state index contributed by atoms with van der Waals surface area (Å²) in [4.78, 5) is 15.8. The first-order valence-corrected chi connectivity index (χ1v) is 7.59. The minimum Gasteiger partial charge on any atom is -0.399 e. The van der Waals surface area contributed by atoms with Crippen LogP contribution in [0.1, 0.15) is 10.5 Å². The van der Waals surface area contributed by atoms with Crippen LogP contribution in [0, 0.1) is 0 Å². The van der Waals surface area contributed by atoms with Crippen LogP contribution >= 0.6 is 11.5 Å². The Bertz CT molecular complexity index is 787. The van der Waals surface area contributed by atoms with E-state index in [-0.39, 0.29) is 5.91 Å². The Morgan fingerprint density at radius 2 is 2.14 bits per heavy atom. The van der Waals surface area contributed by atoms with Gasteiger partial charge in [0.1, 0.15) is 11.5 Å². The molecule has 6 nitrogen and oxygen atoms in total. The van der Waals surface area contributed by atoms with Gasteiger partial charge < -0.3 is 16.4 Å². The van der Waals surface area contributed by atoms with Crippen molar-refractivity contribution in [1.29, 1.82) is 0 Å². The van der Waals surface area contributed by atoms with E-state index < -0.39 is 0 Å². The predicted octanol–water partition coefficient (Wildman–Crippen LogP) is 2.12. The van der Waals surface area contributed by atoms with Crippen LogP contribution in [0.15, 0.2) is 42.6 Å². The van der Waals surface area contributed by atoms with Crippen molar-refractivity contribution in [1.82, 2.24) is 14.7 Å². The third kappa shape index (κ3) is 3.15. The molecular weight excluding hydrogens is 298 g/mol. The highest BCUT2D eigenvalue weighted by Gasteiger charge is 2.07. The Morgan fingerprint density at radius 1 is 1.23 bits per heavy atom. The second-order valence-electron chi connectivity index (χ2n) is 4.68. The summed E-state index contributed by atoms with van der Waals surface area (Å²) in [6.07, 6.45) is 1.60. The summed E-state index contributed by atoms with van der Waals surface area (Å²) in [6.45, 7) is 1.07. The third-order valence-electron chi connectivity index (χ3n) is 3.10. The molecule has 0 saturated carbocycles. The smallest absolute Gasteiger partial charge is 0.269 e. The largest absolute Gasteiger partial charge is 0.399 e. The molecule has 22 heavy (non-hydrogen) atoms. The van der Waals surface area contributed by atoms with E-state index >= 15 is 0 Å². The molecule has 0 fully saturated rings. The number of carbonyl (C=O) groups is 1. The number of nitrogens with one attached hydrogen (secondary N) is 2. The number of fused-ring (bicyclic) bond motifs is 1. The number of aromatic nitrogens is 2.